The minimum absolute atomic E-state index is 0.0253. The van der Waals surface area contributed by atoms with Crippen LogP contribution < -0.4 is 10.9 Å². The Labute approximate surface area is 266 Å². The molecule has 0 aliphatic carbocycles. The molecule has 1 amide bonds. The lowest BCUT2D eigenvalue weighted by Gasteiger charge is -2.25. The lowest BCUT2D eigenvalue weighted by Crippen LogP contribution is -2.38. The molecule has 2 N–H and O–H groups in total. The number of imidazole rings is 1. The van der Waals surface area contributed by atoms with Crippen molar-refractivity contribution in [3.8, 4) is 0 Å². The first-order valence-electron chi connectivity index (χ1n) is 15.3. The predicted octanol–water partition coefficient (Wildman–Crippen LogP) is 5.00. The van der Waals surface area contributed by atoms with Gasteiger partial charge in [-0.2, -0.15) is 4.98 Å². The highest BCUT2D eigenvalue weighted by Gasteiger charge is 2.48. The van der Waals surface area contributed by atoms with Crippen LogP contribution in [0.4, 0.5) is 5.95 Å². The van der Waals surface area contributed by atoms with Crippen molar-refractivity contribution >= 4 is 23.0 Å². The summed E-state index contributed by atoms with van der Waals surface area (Å²) in [5, 5.41) is 2.68. The number of carbonyl (C=O) groups excluding carboxylic acids is 1. The topological polar surface area (TPSA) is 130 Å². The molecule has 4 atom stereocenters. The van der Waals surface area contributed by atoms with Crippen molar-refractivity contribution in [1.82, 2.24) is 19.5 Å². The first-order valence-corrected chi connectivity index (χ1v) is 15.3. The first-order chi connectivity index (χ1) is 22.5. The number of H-pyrrole nitrogens is 1. The van der Waals surface area contributed by atoms with E-state index in [2.05, 4.69) is 20.3 Å². The first kappa shape index (κ1) is 31.3. The van der Waals surface area contributed by atoms with Crippen LogP contribution in [0.15, 0.2) is 102 Å². The Morgan fingerprint density at radius 2 is 1.43 bits per heavy atom. The third-order valence-electron chi connectivity index (χ3n) is 7.72. The van der Waals surface area contributed by atoms with Crippen molar-refractivity contribution in [2.45, 2.75) is 58.2 Å². The SMILES string of the molecule is CC(C)C(=O)Nc1nc2c(ncn2[C@H]2O[C@H](COCc3ccccc3)[C@@H](OCc3ccccc3)[C@@H]2OCc2ccccc2)c(=O)[nH]1. The minimum atomic E-state index is -0.775. The summed E-state index contributed by atoms with van der Waals surface area (Å²) in [6.45, 7) is 4.77. The van der Waals surface area contributed by atoms with Gasteiger partial charge in [0.05, 0.1) is 32.8 Å². The van der Waals surface area contributed by atoms with E-state index in [-0.39, 0.29) is 35.5 Å². The van der Waals surface area contributed by atoms with Gasteiger partial charge in [0.25, 0.3) is 5.56 Å². The van der Waals surface area contributed by atoms with E-state index in [1.54, 1.807) is 18.4 Å². The zero-order valence-corrected chi connectivity index (χ0v) is 25.7. The second-order valence-corrected chi connectivity index (χ2v) is 11.5. The van der Waals surface area contributed by atoms with E-state index < -0.39 is 30.1 Å². The number of rotatable bonds is 13. The van der Waals surface area contributed by atoms with E-state index in [0.717, 1.165) is 16.7 Å². The van der Waals surface area contributed by atoms with Gasteiger partial charge in [-0.1, -0.05) is 105 Å². The zero-order chi connectivity index (χ0) is 31.9. The standard InChI is InChI=1S/C35H37N5O6/c1-23(2)32(41)38-35-37-31-28(33(42)39-35)36-22-40(31)34-30(45-20-26-16-10-5-11-17-26)29(44-19-25-14-8-4-9-15-25)27(46-34)21-43-18-24-12-6-3-7-13-24/h3-17,22-23,27,29-30,34H,18-21H2,1-2H3,(H2,37,38,39,41,42)/t27-,29-,30+,34+/m1/s1. The highest BCUT2D eigenvalue weighted by Crippen LogP contribution is 2.36. The van der Waals surface area contributed by atoms with Crippen molar-refractivity contribution in [3.05, 3.63) is 124 Å². The molecule has 2 aromatic heterocycles. The van der Waals surface area contributed by atoms with E-state index >= 15 is 0 Å². The maximum Gasteiger partial charge on any atom is 0.280 e. The van der Waals surface area contributed by atoms with Crippen molar-refractivity contribution in [2.24, 2.45) is 5.92 Å². The van der Waals surface area contributed by atoms with Gasteiger partial charge in [-0.15, -0.1) is 0 Å². The smallest absolute Gasteiger partial charge is 0.280 e. The minimum Gasteiger partial charge on any atom is -0.374 e. The van der Waals surface area contributed by atoms with Gasteiger partial charge in [-0.25, -0.2) is 4.98 Å². The maximum absolute atomic E-state index is 13.0. The number of carbonyl (C=O) groups is 1. The summed E-state index contributed by atoms with van der Waals surface area (Å²) in [6.07, 6.45) is -0.988. The van der Waals surface area contributed by atoms with Gasteiger partial charge in [0.15, 0.2) is 17.4 Å². The summed E-state index contributed by atoms with van der Waals surface area (Å²) in [5.74, 6) is -0.559. The van der Waals surface area contributed by atoms with Crippen molar-refractivity contribution < 1.29 is 23.7 Å². The van der Waals surface area contributed by atoms with E-state index in [1.165, 1.54) is 6.33 Å². The lowest BCUT2D eigenvalue weighted by molar-refractivity contribution is -0.118. The number of aromatic amines is 1. The van der Waals surface area contributed by atoms with Gasteiger partial charge in [0.1, 0.15) is 18.3 Å². The van der Waals surface area contributed by atoms with Crippen LogP contribution in [0.25, 0.3) is 11.2 Å². The molecule has 1 fully saturated rings. The average molecular weight is 624 g/mol. The molecule has 6 rings (SSSR count). The Hall–Kier alpha value is -4.68. The summed E-state index contributed by atoms with van der Waals surface area (Å²) in [6, 6.07) is 29.6. The van der Waals surface area contributed by atoms with E-state index in [4.69, 9.17) is 18.9 Å². The molecule has 5 aromatic rings. The van der Waals surface area contributed by atoms with Crippen LogP contribution in [-0.2, 0) is 43.6 Å². The van der Waals surface area contributed by atoms with Gasteiger partial charge < -0.3 is 18.9 Å². The van der Waals surface area contributed by atoms with Crippen LogP contribution in [0.3, 0.4) is 0 Å². The highest BCUT2D eigenvalue weighted by atomic mass is 16.6. The molecule has 0 saturated carbocycles. The number of anilines is 1. The van der Waals surface area contributed by atoms with Gasteiger partial charge in [-0.3, -0.25) is 24.5 Å². The lowest BCUT2D eigenvalue weighted by atomic mass is 10.1. The maximum atomic E-state index is 13.0. The predicted molar refractivity (Wildman–Crippen MR) is 172 cm³/mol. The Kier molecular flexibility index (Phi) is 9.94. The number of fused-ring (bicyclic) bond motifs is 1. The fraction of sp³-hybridized carbons (Fsp3) is 0.314. The van der Waals surface area contributed by atoms with Crippen molar-refractivity contribution in [3.63, 3.8) is 0 Å². The summed E-state index contributed by atoms with van der Waals surface area (Å²) < 4.78 is 27.6. The average Bonchev–Trinajstić information content (AvgIpc) is 3.65. The third kappa shape index (κ3) is 7.40. The summed E-state index contributed by atoms with van der Waals surface area (Å²) in [7, 11) is 0. The second kappa shape index (κ2) is 14.6. The van der Waals surface area contributed by atoms with Crippen LogP contribution in [0.5, 0.6) is 0 Å². The summed E-state index contributed by atoms with van der Waals surface area (Å²) >= 11 is 0. The molecule has 0 bridgehead atoms. The molecule has 0 unspecified atom stereocenters. The van der Waals surface area contributed by atoms with Gasteiger partial charge in [0.2, 0.25) is 11.9 Å². The molecule has 0 radical (unpaired) electrons. The van der Waals surface area contributed by atoms with Gasteiger partial charge in [-0.05, 0) is 16.7 Å². The molecule has 238 valence electrons. The molecular formula is C35H37N5O6. The Bertz CT molecular complexity index is 1780. The highest BCUT2D eigenvalue weighted by molar-refractivity contribution is 5.91. The number of hydrogen-bond acceptors (Lipinski definition) is 8. The molecule has 1 saturated heterocycles. The number of benzene rings is 3. The van der Waals surface area contributed by atoms with E-state index in [1.807, 2.05) is 91.0 Å². The molecule has 0 spiro atoms. The summed E-state index contributed by atoms with van der Waals surface area (Å²) in [4.78, 5) is 36.9. The largest absolute Gasteiger partial charge is 0.374 e. The summed E-state index contributed by atoms with van der Waals surface area (Å²) in [5.41, 5.74) is 2.89. The van der Waals surface area contributed by atoms with Crippen LogP contribution in [-0.4, -0.2) is 50.3 Å². The molecule has 3 heterocycles. The van der Waals surface area contributed by atoms with Crippen molar-refractivity contribution in [1.29, 1.82) is 0 Å². The second-order valence-electron chi connectivity index (χ2n) is 11.5. The van der Waals surface area contributed by atoms with E-state index in [0.29, 0.717) is 19.8 Å². The normalized spacial score (nSPS) is 19.5. The van der Waals surface area contributed by atoms with Crippen LogP contribution >= 0.6 is 0 Å². The van der Waals surface area contributed by atoms with Crippen molar-refractivity contribution in [2.75, 3.05) is 11.9 Å². The zero-order valence-electron chi connectivity index (χ0n) is 25.7. The number of nitrogens with one attached hydrogen (secondary N) is 2. The van der Waals surface area contributed by atoms with E-state index in [9.17, 15) is 9.59 Å². The number of aromatic nitrogens is 4. The fourth-order valence-corrected chi connectivity index (χ4v) is 5.28. The third-order valence-corrected chi connectivity index (χ3v) is 7.72. The number of nitrogens with zero attached hydrogens (tertiary/aromatic N) is 3. The quantitative estimate of drug-likeness (QED) is 0.188. The number of ether oxygens (including phenoxy) is 4. The fourth-order valence-electron chi connectivity index (χ4n) is 5.28. The van der Waals surface area contributed by atoms with Crippen LogP contribution in [0.1, 0.15) is 36.8 Å². The van der Waals surface area contributed by atoms with Gasteiger partial charge >= 0.3 is 0 Å². The van der Waals surface area contributed by atoms with Crippen LogP contribution in [0.2, 0.25) is 0 Å². The number of hydrogen-bond donors (Lipinski definition) is 2. The Morgan fingerprint density at radius 1 is 0.870 bits per heavy atom. The molecule has 1 aliphatic rings. The Morgan fingerprint density at radius 3 is 2.02 bits per heavy atom. The molecule has 3 aromatic carbocycles. The van der Waals surface area contributed by atoms with Gasteiger partial charge in [0, 0.05) is 5.92 Å². The number of amides is 1. The molecule has 46 heavy (non-hydrogen) atoms. The molecular weight excluding hydrogens is 586 g/mol. The molecule has 11 heteroatoms. The Balaban J connectivity index is 1.34. The molecule has 11 nitrogen and oxygen atoms in total. The van der Waals surface area contributed by atoms with Crippen LogP contribution in [0, 0.1) is 5.92 Å². The monoisotopic (exact) mass is 623 g/mol. The molecule has 1 aliphatic heterocycles.